The van der Waals surface area contributed by atoms with Gasteiger partial charge in [-0.2, -0.15) is 5.10 Å². The number of primary amides is 2. The number of carbonyl (C=O) groups is 2. The summed E-state index contributed by atoms with van der Waals surface area (Å²) in [4.78, 5) is 32.7. The molecule has 154 valence electrons. The number of nitrogens with two attached hydrogens (primary N) is 2. The fourth-order valence-electron chi connectivity index (χ4n) is 3.67. The number of hydrogen-bond donors (Lipinski definition) is 3. The van der Waals surface area contributed by atoms with Gasteiger partial charge in [0.1, 0.15) is 0 Å². The van der Waals surface area contributed by atoms with Gasteiger partial charge in [0.15, 0.2) is 5.69 Å². The van der Waals surface area contributed by atoms with Crippen LogP contribution < -0.4 is 16.8 Å². The Bertz CT molecular complexity index is 1170. The number of hydrogen-bond acceptors (Lipinski definition) is 6. The third kappa shape index (κ3) is 3.18. The minimum atomic E-state index is -0.865. The number of aromatic nitrogens is 4. The molecule has 0 bridgehead atoms. The van der Waals surface area contributed by atoms with Crippen molar-refractivity contribution in [2.24, 2.45) is 23.9 Å². The molecular formula is C21H23N7O2. The van der Waals surface area contributed by atoms with Crippen LogP contribution in [-0.4, -0.2) is 31.6 Å². The van der Waals surface area contributed by atoms with Crippen molar-refractivity contribution in [1.29, 1.82) is 0 Å². The number of nitrogens with zero attached hydrogens (tertiary/aromatic N) is 4. The maximum atomic E-state index is 11.8. The summed E-state index contributed by atoms with van der Waals surface area (Å²) in [6, 6.07) is 0. The molecule has 1 atom stereocenters. The fraction of sp³-hybridized carbons (Fsp3) is 0.286. The van der Waals surface area contributed by atoms with Crippen molar-refractivity contribution in [3.05, 3.63) is 58.6 Å². The van der Waals surface area contributed by atoms with E-state index in [4.69, 9.17) is 16.5 Å². The molecule has 2 aliphatic carbocycles. The number of rotatable bonds is 4. The molecule has 2 aromatic heterocycles. The van der Waals surface area contributed by atoms with Crippen LogP contribution in [0.3, 0.4) is 0 Å². The van der Waals surface area contributed by atoms with Crippen LogP contribution in [0.4, 0.5) is 5.95 Å². The molecule has 9 nitrogen and oxygen atoms in total. The second-order valence-electron chi connectivity index (χ2n) is 7.77. The zero-order valence-corrected chi connectivity index (χ0v) is 17.1. The molecule has 9 heteroatoms. The van der Waals surface area contributed by atoms with Crippen molar-refractivity contribution < 1.29 is 9.59 Å². The Balaban J connectivity index is 1.71. The van der Waals surface area contributed by atoms with Gasteiger partial charge in [0.05, 0.1) is 16.8 Å². The van der Waals surface area contributed by atoms with Gasteiger partial charge in [-0.25, -0.2) is 9.97 Å². The maximum Gasteiger partial charge on any atom is 0.269 e. The second-order valence-corrected chi connectivity index (χ2v) is 7.77. The maximum absolute atomic E-state index is 11.8. The minimum Gasteiger partial charge on any atom is -0.369 e. The molecule has 0 radical (unpaired) electrons. The predicted octanol–water partition coefficient (Wildman–Crippen LogP) is 1.38. The largest absolute Gasteiger partial charge is 0.369 e. The van der Waals surface area contributed by atoms with Crippen molar-refractivity contribution in [2.75, 3.05) is 5.32 Å². The van der Waals surface area contributed by atoms with Crippen molar-refractivity contribution >= 4 is 17.8 Å². The summed E-state index contributed by atoms with van der Waals surface area (Å²) in [6.45, 7) is 3.68. The topological polar surface area (TPSA) is 142 Å². The SMILES string of the molecule is CC1=C(Nc2ncc3c(n2)-c2c(c(C(N)=O)nn2C)CC3)C=CC(C)(C(N)=O)C=C1. The van der Waals surface area contributed by atoms with E-state index in [-0.39, 0.29) is 5.69 Å². The van der Waals surface area contributed by atoms with Crippen LogP contribution in [0.25, 0.3) is 11.4 Å². The van der Waals surface area contributed by atoms with E-state index in [0.717, 1.165) is 33.8 Å². The molecule has 0 spiro atoms. The van der Waals surface area contributed by atoms with Crippen LogP contribution >= 0.6 is 0 Å². The van der Waals surface area contributed by atoms with Crippen molar-refractivity contribution in [3.8, 4) is 11.4 Å². The number of aryl methyl sites for hydroxylation is 2. The van der Waals surface area contributed by atoms with E-state index >= 15 is 0 Å². The molecule has 5 N–H and O–H groups in total. The van der Waals surface area contributed by atoms with Crippen LogP contribution in [0.5, 0.6) is 0 Å². The van der Waals surface area contributed by atoms with E-state index in [1.165, 1.54) is 0 Å². The molecule has 1 unspecified atom stereocenters. The third-order valence-corrected chi connectivity index (χ3v) is 5.59. The Labute approximate surface area is 173 Å². The van der Waals surface area contributed by atoms with E-state index in [1.807, 2.05) is 19.1 Å². The zero-order chi connectivity index (χ0) is 21.6. The Morgan fingerprint density at radius 1 is 1.20 bits per heavy atom. The number of carbonyl (C=O) groups excluding carboxylic acids is 2. The highest BCUT2D eigenvalue weighted by molar-refractivity contribution is 5.94. The molecule has 0 aromatic carbocycles. The first-order chi connectivity index (χ1) is 14.2. The number of fused-ring (bicyclic) bond motifs is 3. The van der Waals surface area contributed by atoms with E-state index in [2.05, 4.69) is 15.4 Å². The fourth-order valence-corrected chi connectivity index (χ4v) is 3.67. The summed E-state index contributed by atoms with van der Waals surface area (Å²) in [5.74, 6) is -0.571. The first-order valence-corrected chi connectivity index (χ1v) is 9.58. The Morgan fingerprint density at radius 2 is 1.93 bits per heavy atom. The van der Waals surface area contributed by atoms with Gasteiger partial charge in [0.2, 0.25) is 11.9 Å². The highest BCUT2D eigenvalue weighted by atomic mass is 16.1. The van der Waals surface area contributed by atoms with E-state index in [1.54, 1.807) is 37.0 Å². The molecule has 2 aliphatic rings. The Hall–Kier alpha value is -3.75. The van der Waals surface area contributed by atoms with E-state index in [0.29, 0.717) is 18.8 Å². The summed E-state index contributed by atoms with van der Waals surface area (Å²) in [6.07, 6.45) is 10.3. The first-order valence-electron chi connectivity index (χ1n) is 9.58. The lowest BCUT2D eigenvalue weighted by Crippen LogP contribution is -2.30. The molecule has 4 rings (SSSR count). The van der Waals surface area contributed by atoms with Crippen molar-refractivity contribution in [2.45, 2.75) is 26.7 Å². The molecule has 2 amide bonds. The van der Waals surface area contributed by atoms with Crippen LogP contribution in [0.2, 0.25) is 0 Å². The lowest BCUT2D eigenvalue weighted by atomic mass is 9.89. The third-order valence-electron chi connectivity index (χ3n) is 5.59. The number of anilines is 1. The first kappa shape index (κ1) is 19.6. The predicted molar refractivity (Wildman–Crippen MR) is 112 cm³/mol. The Kier molecular flexibility index (Phi) is 4.53. The van der Waals surface area contributed by atoms with Crippen LogP contribution in [-0.2, 0) is 24.7 Å². The van der Waals surface area contributed by atoms with Crippen LogP contribution in [0.1, 0.15) is 35.5 Å². The number of amides is 2. The molecule has 0 fully saturated rings. The standard InChI is InChI=1S/C21H23N7O2/c1-11-6-8-21(2,19(23)30)9-7-14(11)25-20-24-10-12-4-5-13-16(18(22)29)27-28(3)17(13)15(12)26-20/h6-10H,4-5H2,1-3H3,(H2,22,29)(H2,23,30)(H,24,25,26). The molecule has 30 heavy (non-hydrogen) atoms. The van der Waals surface area contributed by atoms with Gasteiger partial charge < -0.3 is 16.8 Å². The van der Waals surface area contributed by atoms with Gasteiger partial charge in [-0.3, -0.25) is 14.3 Å². The Morgan fingerprint density at radius 3 is 2.63 bits per heavy atom. The van der Waals surface area contributed by atoms with Crippen LogP contribution in [0.15, 0.2) is 41.8 Å². The van der Waals surface area contributed by atoms with Crippen molar-refractivity contribution in [3.63, 3.8) is 0 Å². The van der Waals surface area contributed by atoms with Gasteiger partial charge in [-0.05, 0) is 43.9 Å². The number of nitrogens with one attached hydrogen (secondary N) is 1. The summed E-state index contributed by atoms with van der Waals surface area (Å²) in [5.41, 5.74) is 15.4. The lowest BCUT2D eigenvalue weighted by Gasteiger charge is -2.18. The summed E-state index contributed by atoms with van der Waals surface area (Å²) < 4.78 is 1.64. The molecule has 0 saturated carbocycles. The quantitative estimate of drug-likeness (QED) is 0.701. The monoisotopic (exact) mass is 405 g/mol. The van der Waals surface area contributed by atoms with Gasteiger partial charge in [0, 0.05) is 24.5 Å². The average Bonchev–Trinajstić information content (AvgIpc) is 2.98. The second kappa shape index (κ2) is 6.94. The highest BCUT2D eigenvalue weighted by Crippen LogP contribution is 2.34. The summed E-state index contributed by atoms with van der Waals surface area (Å²) in [5, 5.41) is 7.50. The lowest BCUT2D eigenvalue weighted by molar-refractivity contribution is -0.122. The molecule has 2 heterocycles. The van der Waals surface area contributed by atoms with Gasteiger partial charge >= 0.3 is 0 Å². The zero-order valence-electron chi connectivity index (χ0n) is 17.1. The smallest absolute Gasteiger partial charge is 0.269 e. The van der Waals surface area contributed by atoms with E-state index in [9.17, 15) is 9.59 Å². The molecule has 0 saturated heterocycles. The van der Waals surface area contributed by atoms with Gasteiger partial charge in [-0.15, -0.1) is 0 Å². The molecule has 0 aliphatic heterocycles. The summed E-state index contributed by atoms with van der Waals surface area (Å²) >= 11 is 0. The molecular weight excluding hydrogens is 382 g/mol. The van der Waals surface area contributed by atoms with Gasteiger partial charge in [-0.1, -0.05) is 18.2 Å². The highest BCUT2D eigenvalue weighted by Gasteiger charge is 2.29. The summed E-state index contributed by atoms with van der Waals surface area (Å²) in [7, 11) is 1.77. The van der Waals surface area contributed by atoms with E-state index < -0.39 is 17.2 Å². The van der Waals surface area contributed by atoms with Crippen molar-refractivity contribution in [1.82, 2.24) is 19.7 Å². The normalized spacial score (nSPS) is 19.8. The van der Waals surface area contributed by atoms with Crippen LogP contribution in [0, 0.1) is 5.41 Å². The number of allylic oxidation sites excluding steroid dienone is 3. The van der Waals surface area contributed by atoms with Gasteiger partial charge in [0.25, 0.3) is 5.91 Å². The molecule has 2 aromatic rings. The average molecular weight is 405 g/mol. The minimum absolute atomic E-state index is 0.285.